The highest BCUT2D eigenvalue weighted by Crippen LogP contribution is 2.26. The summed E-state index contributed by atoms with van der Waals surface area (Å²) in [7, 11) is 0. The van der Waals surface area contributed by atoms with E-state index < -0.39 is 5.91 Å². The van der Waals surface area contributed by atoms with Crippen molar-refractivity contribution < 1.29 is 9.59 Å². The second-order valence-corrected chi connectivity index (χ2v) is 5.59. The van der Waals surface area contributed by atoms with Gasteiger partial charge in [-0.3, -0.25) is 14.5 Å². The summed E-state index contributed by atoms with van der Waals surface area (Å²) in [4.78, 5) is 24.5. The van der Waals surface area contributed by atoms with E-state index in [1.165, 1.54) is 12.8 Å². The van der Waals surface area contributed by atoms with Crippen LogP contribution in [0.1, 0.15) is 41.6 Å². The van der Waals surface area contributed by atoms with Crippen LogP contribution >= 0.6 is 0 Å². The second kappa shape index (κ2) is 6.58. The Bertz CT molecular complexity index is 538. The lowest BCUT2D eigenvalue weighted by Crippen LogP contribution is -2.39. The van der Waals surface area contributed by atoms with Gasteiger partial charge in [0.15, 0.2) is 0 Å². The zero-order chi connectivity index (χ0) is 15.4. The lowest BCUT2D eigenvalue weighted by molar-refractivity contribution is -0.119. The average Bonchev–Trinajstić information content (AvgIpc) is 2.93. The zero-order valence-electron chi connectivity index (χ0n) is 12.0. The van der Waals surface area contributed by atoms with Crippen LogP contribution in [0.15, 0.2) is 18.2 Å². The van der Waals surface area contributed by atoms with E-state index >= 15 is 0 Å². The lowest BCUT2D eigenvalue weighted by atomic mass is 10.1. The van der Waals surface area contributed by atoms with Crippen molar-refractivity contribution in [1.82, 2.24) is 4.90 Å². The largest absolute Gasteiger partial charge is 0.398 e. The van der Waals surface area contributed by atoms with Crippen molar-refractivity contribution >= 4 is 17.5 Å². The number of amides is 2. The van der Waals surface area contributed by atoms with E-state index in [0.29, 0.717) is 23.8 Å². The Morgan fingerprint density at radius 3 is 2.38 bits per heavy atom. The van der Waals surface area contributed by atoms with Crippen molar-refractivity contribution in [3.8, 4) is 0 Å². The van der Waals surface area contributed by atoms with Gasteiger partial charge in [-0.15, -0.1) is 0 Å². The normalized spacial score (nSPS) is 15.5. The van der Waals surface area contributed by atoms with E-state index in [1.54, 1.807) is 18.2 Å². The van der Waals surface area contributed by atoms with Crippen LogP contribution in [-0.4, -0.2) is 29.3 Å². The van der Waals surface area contributed by atoms with Crippen molar-refractivity contribution in [2.45, 2.75) is 38.3 Å². The molecule has 0 unspecified atom stereocenters. The van der Waals surface area contributed by atoms with E-state index in [1.807, 2.05) is 0 Å². The fourth-order valence-corrected chi connectivity index (χ4v) is 2.89. The molecule has 1 aliphatic carbocycles. The number of carbonyl (C=O) groups excluding carboxylic acids is 2. The van der Waals surface area contributed by atoms with Crippen molar-refractivity contribution in [3.63, 3.8) is 0 Å². The van der Waals surface area contributed by atoms with E-state index in [0.717, 1.165) is 18.4 Å². The van der Waals surface area contributed by atoms with Gasteiger partial charge in [0.25, 0.3) is 0 Å². The fraction of sp³-hybridized carbons (Fsp3) is 0.467. The molecule has 21 heavy (non-hydrogen) atoms. The van der Waals surface area contributed by atoms with Gasteiger partial charge < -0.3 is 17.2 Å². The van der Waals surface area contributed by atoms with Crippen molar-refractivity contribution in [2.75, 3.05) is 12.3 Å². The molecule has 1 aromatic carbocycles. The molecule has 0 atom stereocenters. The molecular formula is C15H22N4O2. The molecule has 0 saturated heterocycles. The number of benzene rings is 1. The van der Waals surface area contributed by atoms with Gasteiger partial charge in [-0.05, 0) is 30.5 Å². The minimum Gasteiger partial charge on any atom is -0.398 e. The number of nitrogens with two attached hydrogens (primary N) is 3. The van der Waals surface area contributed by atoms with Crippen LogP contribution in [0.3, 0.4) is 0 Å². The maximum absolute atomic E-state index is 11.3. The molecule has 1 saturated carbocycles. The summed E-state index contributed by atoms with van der Waals surface area (Å²) < 4.78 is 0. The third-order valence-corrected chi connectivity index (χ3v) is 4.00. The molecular weight excluding hydrogens is 268 g/mol. The number of carbonyl (C=O) groups is 2. The smallest absolute Gasteiger partial charge is 0.248 e. The lowest BCUT2D eigenvalue weighted by Gasteiger charge is -2.28. The number of rotatable bonds is 6. The van der Waals surface area contributed by atoms with Crippen molar-refractivity contribution in [3.05, 3.63) is 29.3 Å². The van der Waals surface area contributed by atoms with E-state index in [9.17, 15) is 9.59 Å². The first-order valence-corrected chi connectivity index (χ1v) is 7.18. The number of nitrogen functional groups attached to an aromatic ring is 1. The number of hydrogen-bond donors (Lipinski definition) is 3. The molecule has 2 amide bonds. The van der Waals surface area contributed by atoms with E-state index in [-0.39, 0.29) is 12.5 Å². The molecule has 2 rings (SSSR count). The summed E-state index contributed by atoms with van der Waals surface area (Å²) in [6.07, 6.45) is 4.51. The molecule has 0 heterocycles. The molecule has 0 spiro atoms. The third kappa shape index (κ3) is 3.95. The zero-order valence-corrected chi connectivity index (χ0v) is 12.0. The van der Waals surface area contributed by atoms with E-state index in [4.69, 9.17) is 17.2 Å². The minimum atomic E-state index is -0.502. The maximum Gasteiger partial charge on any atom is 0.248 e. The van der Waals surface area contributed by atoms with Gasteiger partial charge in [0.2, 0.25) is 11.8 Å². The summed E-state index contributed by atoms with van der Waals surface area (Å²) in [6.45, 7) is 0.778. The second-order valence-electron chi connectivity index (χ2n) is 5.59. The summed E-state index contributed by atoms with van der Waals surface area (Å²) in [5.74, 6) is -0.840. The minimum absolute atomic E-state index is 0.224. The van der Waals surface area contributed by atoms with Crippen molar-refractivity contribution in [1.29, 1.82) is 0 Å². The Hall–Kier alpha value is -2.08. The molecule has 6 nitrogen and oxygen atoms in total. The Morgan fingerprint density at radius 2 is 1.86 bits per heavy atom. The average molecular weight is 290 g/mol. The first-order valence-electron chi connectivity index (χ1n) is 7.18. The van der Waals surface area contributed by atoms with Gasteiger partial charge in [-0.2, -0.15) is 0 Å². The summed E-state index contributed by atoms with van der Waals surface area (Å²) in [5, 5.41) is 0. The van der Waals surface area contributed by atoms with Crippen LogP contribution in [0.5, 0.6) is 0 Å². The van der Waals surface area contributed by atoms with Crippen LogP contribution < -0.4 is 17.2 Å². The highest BCUT2D eigenvalue weighted by Gasteiger charge is 2.24. The van der Waals surface area contributed by atoms with Gasteiger partial charge in [-0.25, -0.2) is 0 Å². The monoisotopic (exact) mass is 290 g/mol. The van der Waals surface area contributed by atoms with Crippen molar-refractivity contribution in [2.24, 2.45) is 11.5 Å². The van der Waals surface area contributed by atoms with Crippen LogP contribution in [0.2, 0.25) is 0 Å². The molecule has 1 aliphatic rings. The number of hydrogen-bond acceptors (Lipinski definition) is 4. The van der Waals surface area contributed by atoms with Crippen LogP contribution in [0, 0.1) is 0 Å². The summed E-state index contributed by atoms with van der Waals surface area (Å²) in [6, 6.07) is 5.39. The van der Waals surface area contributed by atoms with Gasteiger partial charge >= 0.3 is 0 Å². The molecule has 1 aromatic rings. The Morgan fingerprint density at radius 1 is 1.19 bits per heavy atom. The van der Waals surface area contributed by atoms with Gasteiger partial charge in [-0.1, -0.05) is 18.9 Å². The summed E-state index contributed by atoms with van der Waals surface area (Å²) >= 11 is 0. The van der Waals surface area contributed by atoms with Crippen LogP contribution in [-0.2, 0) is 11.3 Å². The number of primary amides is 2. The highest BCUT2D eigenvalue weighted by atomic mass is 16.1. The summed E-state index contributed by atoms with van der Waals surface area (Å²) in [5.41, 5.74) is 18.3. The molecule has 114 valence electrons. The molecule has 1 fully saturated rings. The topological polar surface area (TPSA) is 115 Å². The molecule has 0 aromatic heterocycles. The van der Waals surface area contributed by atoms with Gasteiger partial charge in [0.05, 0.1) is 6.54 Å². The SMILES string of the molecule is NC(=O)CN(Cc1ccc(C(N)=O)cc1N)C1CCCC1. The number of anilines is 1. The maximum atomic E-state index is 11.3. The molecule has 6 heteroatoms. The van der Waals surface area contributed by atoms with Gasteiger partial charge in [0.1, 0.15) is 0 Å². The Balaban J connectivity index is 2.15. The number of nitrogens with zero attached hydrogens (tertiary/aromatic N) is 1. The molecule has 0 bridgehead atoms. The Kier molecular flexibility index (Phi) is 4.80. The standard InChI is InChI=1S/C15H22N4O2/c16-13-7-10(15(18)21)5-6-11(13)8-19(9-14(17)20)12-3-1-2-4-12/h5-7,12H,1-4,8-9,16H2,(H2,17,20)(H2,18,21). The molecule has 6 N–H and O–H groups in total. The first kappa shape index (κ1) is 15.3. The quantitative estimate of drug-likeness (QED) is 0.665. The third-order valence-electron chi connectivity index (χ3n) is 4.00. The molecule has 0 radical (unpaired) electrons. The predicted molar refractivity (Wildman–Crippen MR) is 81.2 cm³/mol. The predicted octanol–water partition coefficient (Wildman–Crippen LogP) is 0.598. The van der Waals surface area contributed by atoms with E-state index in [2.05, 4.69) is 4.90 Å². The molecule has 0 aliphatic heterocycles. The van der Waals surface area contributed by atoms with Crippen LogP contribution in [0.25, 0.3) is 0 Å². The highest BCUT2D eigenvalue weighted by molar-refractivity contribution is 5.93. The van der Waals surface area contributed by atoms with Gasteiger partial charge in [0, 0.05) is 23.8 Å². The van der Waals surface area contributed by atoms with Crippen LogP contribution in [0.4, 0.5) is 5.69 Å². The fourth-order valence-electron chi connectivity index (χ4n) is 2.89. The first-order chi connectivity index (χ1) is 9.97. The Labute approximate surface area is 124 Å².